The number of nitrogens with zero attached hydrogens (tertiary/aromatic N) is 2. The maximum atomic E-state index is 13.7. The first-order valence-corrected chi connectivity index (χ1v) is 14.8. The zero-order chi connectivity index (χ0) is 27.5. The predicted octanol–water partition coefficient (Wildman–Crippen LogP) is 4.66. The second-order valence-corrected chi connectivity index (χ2v) is 11.3. The smallest absolute Gasteiger partial charge is 0.243 e. The third kappa shape index (κ3) is 8.33. The molecule has 0 heterocycles. The van der Waals surface area contributed by atoms with Crippen molar-refractivity contribution in [1.29, 1.82) is 0 Å². The number of amides is 2. The second-order valence-electron chi connectivity index (χ2n) is 8.99. The average Bonchev–Trinajstić information content (AvgIpc) is 2.90. The molecular weight excluding hydrogens is 522 g/mol. The molecule has 0 aliphatic rings. The Bertz CT molecular complexity index is 1300. The number of carbonyl (C=O) groups excluding carboxylic acids is 2. The van der Waals surface area contributed by atoms with Crippen molar-refractivity contribution in [3.63, 3.8) is 0 Å². The minimum absolute atomic E-state index is 0.0635. The number of para-hydroxylation sites is 1. The van der Waals surface area contributed by atoms with Crippen molar-refractivity contribution < 1.29 is 18.0 Å². The number of halogens is 1. The molecule has 0 aliphatic carbocycles. The van der Waals surface area contributed by atoms with E-state index in [1.54, 1.807) is 35.2 Å². The Balaban J connectivity index is 1.86. The van der Waals surface area contributed by atoms with Crippen molar-refractivity contribution in [2.75, 3.05) is 23.7 Å². The maximum Gasteiger partial charge on any atom is 0.243 e. The third-order valence-electron chi connectivity index (χ3n) is 6.12. The summed E-state index contributed by atoms with van der Waals surface area (Å²) in [5.41, 5.74) is 2.19. The molecule has 1 atom stereocenters. The van der Waals surface area contributed by atoms with Crippen molar-refractivity contribution in [2.45, 2.75) is 38.8 Å². The first-order valence-electron chi connectivity index (χ1n) is 12.6. The Hall–Kier alpha value is -3.36. The van der Waals surface area contributed by atoms with E-state index in [2.05, 4.69) is 5.32 Å². The minimum Gasteiger partial charge on any atom is -0.355 e. The van der Waals surface area contributed by atoms with E-state index in [4.69, 9.17) is 11.6 Å². The normalized spacial score (nSPS) is 12.0. The van der Waals surface area contributed by atoms with E-state index in [0.29, 0.717) is 23.7 Å². The molecule has 3 rings (SSSR count). The third-order valence-corrected chi connectivity index (χ3v) is 7.68. The molecule has 3 aromatic rings. The van der Waals surface area contributed by atoms with Gasteiger partial charge in [0.15, 0.2) is 0 Å². The fourth-order valence-electron chi connectivity index (χ4n) is 4.25. The number of rotatable bonds is 13. The molecule has 2 amide bonds. The molecular formula is C29H34ClN3O4S. The van der Waals surface area contributed by atoms with Crippen LogP contribution in [0.25, 0.3) is 0 Å². The molecule has 202 valence electrons. The van der Waals surface area contributed by atoms with Crippen LogP contribution in [0.1, 0.15) is 30.9 Å². The van der Waals surface area contributed by atoms with Gasteiger partial charge in [-0.05, 0) is 42.7 Å². The standard InChI is InChI=1S/C29H34ClN3O4S/c1-3-31-29(35)27(21-23-13-6-4-7-14-23)32(22-24-15-10-11-18-26(24)30)28(34)19-12-20-33(38(2,36)37)25-16-8-5-9-17-25/h4-11,13-18,27H,3,12,19-22H2,1-2H3,(H,31,35)/t27-/m0/s1. The van der Waals surface area contributed by atoms with Crippen LogP contribution in [0.5, 0.6) is 0 Å². The SMILES string of the molecule is CCNC(=O)[C@H](Cc1ccccc1)N(Cc1ccccc1Cl)C(=O)CCCN(c1ccccc1)S(C)(=O)=O. The largest absolute Gasteiger partial charge is 0.355 e. The number of likely N-dealkylation sites (N-methyl/N-ethyl adjacent to an activating group) is 1. The number of anilines is 1. The molecule has 0 saturated heterocycles. The highest BCUT2D eigenvalue weighted by molar-refractivity contribution is 7.92. The van der Waals surface area contributed by atoms with Gasteiger partial charge in [0.2, 0.25) is 21.8 Å². The van der Waals surface area contributed by atoms with Crippen LogP contribution in [0.2, 0.25) is 5.02 Å². The summed E-state index contributed by atoms with van der Waals surface area (Å²) in [7, 11) is -3.54. The van der Waals surface area contributed by atoms with Crippen LogP contribution in [0.15, 0.2) is 84.9 Å². The Kier molecular flexibility index (Phi) is 10.7. The van der Waals surface area contributed by atoms with Crippen molar-refractivity contribution in [1.82, 2.24) is 10.2 Å². The predicted molar refractivity (Wildman–Crippen MR) is 152 cm³/mol. The number of carbonyl (C=O) groups is 2. The highest BCUT2D eigenvalue weighted by atomic mass is 35.5. The monoisotopic (exact) mass is 555 g/mol. The summed E-state index contributed by atoms with van der Waals surface area (Å²) in [4.78, 5) is 28.5. The van der Waals surface area contributed by atoms with E-state index in [9.17, 15) is 18.0 Å². The molecule has 0 bridgehead atoms. The van der Waals surface area contributed by atoms with E-state index in [1.807, 2.05) is 61.5 Å². The van der Waals surface area contributed by atoms with Crippen molar-refractivity contribution >= 4 is 39.1 Å². The van der Waals surface area contributed by atoms with E-state index in [0.717, 1.165) is 17.4 Å². The molecule has 9 heteroatoms. The molecule has 0 fully saturated rings. The highest BCUT2D eigenvalue weighted by Crippen LogP contribution is 2.22. The molecule has 38 heavy (non-hydrogen) atoms. The van der Waals surface area contributed by atoms with Gasteiger partial charge in [0.25, 0.3) is 0 Å². The first-order chi connectivity index (χ1) is 18.2. The summed E-state index contributed by atoms with van der Waals surface area (Å²) in [6, 6.07) is 24.8. The van der Waals surface area contributed by atoms with E-state index >= 15 is 0 Å². The van der Waals surface area contributed by atoms with Gasteiger partial charge in [-0.1, -0.05) is 78.3 Å². The molecule has 1 N–H and O–H groups in total. The zero-order valence-corrected chi connectivity index (χ0v) is 23.3. The lowest BCUT2D eigenvalue weighted by Crippen LogP contribution is -2.50. The van der Waals surface area contributed by atoms with Gasteiger partial charge >= 0.3 is 0 Å². The van der Waals surface area contributed by atoms with Crippen molar-refractivity contribution in [3.05, 3.63) is 101 Å². The Labute approximate surface area is 230 Å². The fraction of sp³-hybridized carbons (Fsp3) is 0.310. The Morgan fingerprint density at radius 1 is 0.921 bits per heavy atom. The van der Waals surface area contributed by atoms with Crippen LogP contribution in [0, 0.1) is 0 Å². The summed E-state index contributed by atoms with van der Waals surface area (Å²) >= 11 is 6.43. The number of nitrogens with one attached hydrogen (secondary N) is 1. The lowest BCUT2D eigenvalue weighted by atomic mass is 10.0. The van der Waals surface area contributed by atoms with Gasteiger partial charge in [-0.25, -0.2) is 8.42 Å². The van der Waals surface area contributed by atoms with Crippen LogP contribution >= 0.6 is 11.6 Å². The molecule has 0 unspecified atom stereocenters. The van der Waals surface area contributed by atoms with Gasteiger partial charge < -0.3 is 10.2 Å². The molecule has 0 aromatic heterocycles. The lowest BCUT2D eigenvalue weighted by molar-refractivity contribution is -0.141. The van der Waals surface area contributed by atoms with Gasteiger partial charge in [-0.2, -0.15) is 0 Å². The van der Waals surface area contributed by atoms with Crippen molar-refractivity contribution in [3.8, 4) is 0 Å². The number of sulfonamides is 1. The lowest BCUT2D eigenvalue weighted by Gasteiger charge is -2.32. The van der Waals surface area contributed by atoms with Gasteiger partial charge in [0.1, 0.15) is 6.04 Å². The quantitative estimate of drug-likeness (QED) is 0.332. The molecule has 0 radical (unpaired) electrons. The van der Waals surface area contributed by atoms with Gasteiger partial charge in [-0.3, -0.25) is 13.9 Å². The number of benzene rings is 3. The summed E-state index contributed by atoms with van der Waals surface area (Å²) in [6.07, 6.45) is 1.83. The zero-order valence-electron chi connectivity index (χ0n) is 21.7. The molecule has 0 spiro atoms. The van der Waals surface area contributed by atoms with Gasteiger partial charge in [0, 0.05) is 37.5 Å². The van der Waals surface area contributed by atoms with Crippen LogP contribution < -0.4 is 9.62 Å². The molecule has 7 nitrogen and oxygen atoms in total. The number of hydrogen-bond donors (Lipinski definition) is 1. The summed E-state index contributed by atoms with van der Waals surface area (Å²) in [6.45, 7) is 2.56. The Morgan fingerprint density at radius 3 is 2.13 bits per heavy atom. The van der Waals surface area contributed by atoms with Crippen LogP contribution in [0.4, 0.5) is 5.69 Å². The van der Waals surface area contributed by atoms with Gasteiger partial charge in [-0.15, -0.1) is 0 Å². The molecule has 0 aliphatic heterocycles. The summed E-state index contributed by atoms with van der Waals surface area (Å²) in [5.74, 6) is -0.502. The highest BCUT2D eigenvalue weighted by Gasteiger charge is 2.30. The first kappa shape index (κ1) is 29.2. The van der Waals surface area contributed by atoms with E-state index in [-0.39, 0.29) is 37.7 Å². The summed E-state index contributed by atoms with van der Waals surface area (Å²) < 4.78 is 26.2. The molecule has 0 saturated carbocycles. The van der Waals surface area contributed by atoms with E-state index in [1.165, 1.54) is 4.31 Å². The van der Waals surface area contributed by atoms with Crippen LogP contribution in [0.3, 0.4) is 0 Å². The van der Waals surface area contributed by atoms with Crippen LogP contribution in [-0.2, 0) is 32.6 Å². The minimum atomic E-state index is -3.54. The van der Waals surface area contributed by atoms with Crippen molar-refractivity contribution in [2.24, 2.45) is 0 Å². The topological polar surface area (TPSA) is 86.8 Å². The number of hydrogen-bond acceptors (Lipinski definition) is 4. The Morgan fingerprint density at radius 2 is 1.53 bits per heavy atom. The second kappa shape index (κ2) is 14.0. The van der Waals surface area contributed by atoms with E-state index < -0.39 is 16.1 Å². The van der Waals surface area contributed by atoms with Crippen LogP contribution in [-0.4, -0.2) is 50.5 Å². The molecule has 3 aromatic carbocycles. The fourth-order valence-corrected chi connectivity index (χ4v) is 5.42. The average molecular weight is 556 g/mol. The van der Waals surface area contributed by atoms with Gasteiger partial charge in [0.05, 0.1) is 11.9 Å². The summed E-state index contributed by atoms with van der Waals surface area (Å²) in [5, 5.41) is 3.37. The maximum absolute atomic E-state index is 13.7.